The Labute approximate surface area is 130 Å². The number of nitrogens with one attached hydrogen (secondary N) is 2. The number of nitrogen functional groups attached to an aromatic ring is 1. The van der Waals surface area contributed by atoms with Crippen LogP contribution in [0.5, 0.6) is 0 Å². The standard InChI is InChI=1S/C16H22N6/c17-9-11-1-3-12(4-2-11)10-20-15-13-5-7-19-8-6-14(13)21-16(18)22-15/h1-4,19H,5-10,17H2,(H3,18,20,21,22). The van der Waals surface area contributed by atoms with Gasteiger partial charge in [-0.2, -0.15) is 4.98 Å². The largest absolute Gasteiger partial charge is 0.368 e. The molecule has 0 radical (unpaired) electrons. The van der Waals surface area contributed by atoms with Crippen LogP contribution in [0.3, 0.4) is 0 Å². The van der Waals surface area contributed by atoms with E-state index in [9.17, 15) is 0 Å². The zero-order chi connectivity index (χ0) is 15.4. The van der Waals surface area contributed by atoms with Gasteiger partial charge in [0, 0.05) is 31.6 Å². The second-order valence-electron chi connectivity index (χ2n) is 5.48. The lowest BCUT2D eigenvalue weighted by Crippen LogP contribution is -2.16. The molecule has 0 amide bonds. The molecule has 1 aliphatic heterocycles. The Morgan fingerprint density at radius 1 is 1.05 bits per heavy atom. The molecule has 0 saturated heterocycles. The predicted molar refractivity (Wildman–Crippen MR) is 88.4 cm³/mol. The van der Waals surface area contributed by atoms with Crippen LogP contribution in [-0.2, 0) is 25.9 Å². The molecule has 2 aromatic rings. The number of hydrogen-bond donors (Lipinski definition) is 4. The Morgan fingerprint density at radius 2 is 1.77 bits per heavy atom. The summed E-state index contributed by atoms with van der Waals surface area (Å²) in [6.45, 7) is 3.15. The molecule has 0 unspecified atom stereocenters. The number of aromatic nitrogens is 2. The van der Waals surface area contributed by atoms with Crippen LogP contribution in [0.2, 0.25) is 0 Å². The van der Waals surface area contributed by atoms with Crippen LogP contribution in [0.15, 0.2) is 24.3 Å². The molecular weight excluding hydrogens is 276 g/mol. The fourth-order valence-electron chi connectivity index (χ4n) is 2.69. The summed E-state index contributed by atoms with van der Waals surface area (Å²) >= 11 is 0. The van der Waals surface area contributed by atoms with Crippen molar-refractivity contribution in [1.82, 2.24) is 15.3 Å². The third-order valence-electron chi connectivity index (χ3n) is 3.92. The Balaban J connectivity index is 1.77. The summed E-state index contributed by atoms with van der Waals surface area (Å²) in [5.74, 6) is 1.19. The minimum absolute atomic E-state index is 0.335. The van der Waals surface area contributed by atoms with Crippen molar-refractivity contribution in [3.8, 4) is 0 Å². The number of hydrogen-bond acceptors (Lipinski definition) is 6. The molecule has 0 atom stereocenters. The zero-order valence-electron chi connectivity index (χ0n) is 12.6. The summed E-state index contributed by atoms with van der Waals surface area (Å²) in [5.41, 5.74) is 16.0. The van der Waals surface area contributed by atoms with Crippen molar-refractivity contribution in [3.63, 3.8) is 0 Å². The molecule has 116 valence electrons. The van der Waals surface area contributed by atoms with Gasteiger partial charge in [0.1, 0.15) is 5.82 Å². The van der Waals surface area contributed by atoms with E-state index < -0.39 is 0 Å². The summed E-state index contributed by atoms with van der Waals surface area (Å²) in [6.07, 6.45) is 1.81. The molecule has 6 heteroatoms. The van der Waals surface area contributed by atoms with Crippen LogP contribution in [-0.4, -0.2) is 23.1 Å². The summed E-state index contributed by atoms with van der Waals surface area (Å²) in [7, 11) is 0. The lowest BCUT2D eigenvalue weighted by molar-refractivity contribution is 0.708. The van der Waals surface area contributed by atoms with Gasteiger partial charge in [-0.25, -0.2) is 4.98 Å². The third kappa shape index (κ3) is 3.35. The van der Waals surface area contributed by atoms with Gasteiger partial charge in [0.05, 0.1) is 5.69 Å². The monoisotopic (exact) mass is 298 g/mol. The fraction of sp³-hybridized carbons (Fsp3) is 0.375. The van der Waals surface area contributed by atoms with Crippen molar-refractivity contribution in [1.29, 1.82) is 0 Å². The maximum atomic E-state index is 5.84. The minimum atomic E-state index is 0.335. The van der Waals surface area contributed by atoms with Crippen molar-refractivity contribution in [2.75, 3.05) is 24.1 Å². The highest BCUT2D eigenvalue weighted by Crippen LogP contribution is 2.21. The van der Waals surface area contributed by atoms with Crippen molar-refractivity contribution in [3.05, 3.63) is 46.6 Å². The van der Waals surface area contributed by atoms with Gasteiger partial charge >= 0.3 is 0 Å². The summed E-state index contributed by atoms with van der Waals surface area (Å²) in [6, 6.07) is 8.27. The molecule has 1 aromatic carbocycles. The van der Waals surface area contributed by atoms with E-state index in [0.29, 0.717) is 19.0 Å². The predicted octanol–water partition coefficient (Wildman–Crippen LogP) is 0.818. The molecule has 0 spiro atoms. The lowest BCUT2D eigenvalue weighted by Gasteiger charge is -2.13. The Hall–Kier alpha value is -2.18. The average Bonchev–Trinajstić information content (AvgIpc) is 2.78. The molecule has 22 heavy (non-hydrogen) atoms. The number of anilines is 2. The second-order valence-corrected chi connectivity index (χ2v) is 5.48. The molecule has 0 saturated carbocycles. The van der Waals surface area contributed by atoms with Crippen molar-refractivity contribution in [2.45, 2.75) is 25.9 Å². The van der Waals surface area contributed by atoms with E-state index in [0.717, 1.165) is 43.0 Å². The van der Waals surface area contributed by atoms with Crippen LogP contribution in [0.4, 0.5) is 11.8 Å². The maximum absolute atomic E-state index is 5.84. The van der Waals surface area contributed by atoms with Crippen LogP contribution in [0.25, 0.3) is 0 Å². The molecule has 6 nitrogen and oxygen atoms in total. The Bertz CT molecular complexity index is 638. The SMILES string of the molecule is NCc1ccc(CNc2nc(N)nc3c2CCNCC3)cc1. The minimum Gasteiger partial charge on any atom is -0.368 e. The van der Waals surface area contributed by atoms with Crippen molar-refractivity contribution >= 4 is 11.8 Å². The normalized spacial score (nSPS) is 14.2. The van der Waals surface area contributed by atoms with Crippen LogP contribution in [0.1, 0.15) is 22.4 Å². The van der Waals surface area contributed by atoms with E-state index in [1.807, 2.05) is 0 Å². The highest BCUT2D eigenvalue weighted by atomic mass is 15.1. The number of nitrogens with zero attached hydrogens (tertiary/aromatic N) is 2. The molecule has 1 aliphatic rings. The van der Waals surface area contributed by atoms with E-state index in [2.05, 4.69) is 44.9 Å². The first kappa shape index (κ1) is 14.7. The smallest absolute Gasteiger partial charge is 0.222 e. The number of fused-ring (bicyclic) bond motifs is 1. The van der Waals surface area contributed by atoms with Gasteiger partial charge in [0.15, 0.2) is 0 Å². The van der Waals surface area contributed by atoms with Crippen LogP contribution in [0, 0.1) is 0 Å². The zero-order valence-corrected chi connectivity index (χ0v) is 12.6. The maximum Gasteiger partial charge on any atom is 0.222 e. The van der Waals surface area contributed by atoms with Crippen molar-refractivity contribution in [2.24, 2.45) is 5.73 Å². The molecule has 0 aliphatic carbocycles. The fourth-order valence-corrected chi connectivity index (χ4v) is 2.69. The average molecular weight is 298 g/mol. The van der Waals surface area contributed by atoms with E-state index in [1.54, 1.807) is 0 Å². The van der Waals surface area contributed by atoms with Gasteiger partial charge in [-0.15, -0.1) is 0 Å². The van der Waals surface area contributed by atoms with E-state index >= 15 is 0 Å². The first-order valence-electron chi connectivity index (χ1n) is 7.64. The van der Waals surface area contributed by atoms with Gasteiger partial charge in [0.2, 0.25) is 5.95 Å². The van der Waals surface area contributed by atoms with E-state index in [1.165, 1.54) is 11.1 Å². The van der Waals surface area contributed by atoms with Gasteiger partial charge in [0.25, 0.3) is 0 Å². The summed E-state index contributed by atoms with van der Waals surface area (Å²) < 4.78 is 0. The van der Waals surface area contributed by atoms with Crippen LogP contribution < -0.4 is 22.1 Å². The summed E-state index contributed by atoms with van der Waals surface area (Å²) in [4.78, 5) is 8.77. The summed E-state index contributed by atoms with van der Waals surface area (Å²) in [5, 5.41) is 6.78. The van der Waals surface area contributed by atoms with E-state index in [4.69, 9.17) is 11.5 Å². The second kappa shape index (κ2) is 6.72. The number of nitrogens with two attached hydrogens (primary N) is 2. The van der Waals surface area contributed by atoms with E-state index in [-0.39, 0.29) is 0 Å². The number of benzene rings is 1. The highest BCUT2D eigenvalue weighted by molar-refractivity contribution is 5.50. The van der Waals surface area contributed by atoms with Crippen LogP contribution >= 0.6 is 0 Å². The Kier molecular flexibility index (Phi) is 4.50. The lowest BCUT2D eigenvalue weighted by atomic mass is 10.1. The third-order valence-corrected chi connectivity index (χ3v) is 3.92. The van der Waals surface area contributed by atoms with Gasteiger partial charge in [-0.05, 0) is 24.1 Å². The first-order valence-corrected chi connectivity index (χ1v) is 7.64. The molecule has 2 heterocycles. The molecule has 1 aromatic heterocycles. The van der Waals surface area contributed by atoms with Gasteiger partial charge < -0.3 is 22.1 Å². The topological polar surface area (TPSA) is 102 Å². The first-order chi connectivity index (χ1) is 10.8. The molecular formula is C16H22N6. The Morgan fingerprint density at radius 3 is 2.55 bits per heavy atom. The van der Waals surface area contributed by atoms with Crippen molar-refractivity contribution < 1.29 is 0 Å². The van der Waals surface area contributed by atoms with Gasteiger partial charge in [-0.1, -0.05) is 24.3 Å². The quantitative estimate of drug-likeness (QED) is 0.666. The molecule has 0 fully saturated rings. The highest BCUT2D eigenvalue weighted by Gasteiger charge is 2.15. The van der Waals surface area contributed by atoms with Gasteiger partial charge in [-0.3, -0.25) is 0 Å². The number of rotatable bonds is 4. The molecule has 3 rings (SSSR count). The molecule has 0 bridgehead atoms. The molecule has 6 N–H and O–H groups in total.